The molecule has 0 aliphatic heterocycles. The van der Waals surface area contributed by atoms with Crippen LogP contribution >= 0.6 is 0 Å². The van der Waals surface area contributed by atoms with Gasteiger partial charge in [-0.25, -0.2) is 9.59 Å². The van der Waals surface area contributed by atoms with Crippen LogP contribution in [-0.4, -0.2) is 24.2 Å². The van der Waals surface area contributed by atoms with Crippen LogP contribution < -0.4 is 0 Å². The first-order chi connectivity index (χ1) is 9.13. The molecule has 1 N–H and O–H groups in total. The Bertz CT molecular complexity index is 617. The summed E-state index contributed by atoms with van der Waals surface area (Å²) in [6.45, 7) is 0. The van der Waals surface area contributed by atoms with E-state index in [0.717, 1.165) is 0 Å². The van der Waals surface area contributed by atoms with Gasteiger partial charge in [-0.15, -0.1) is 0 Å². The van der Waals surface area contributed by atoms with Crippen LogP contribution in [0.1, 0.15) is 20.7 Å². The minimum absolute atomic E-state index is 0.0265. The van der Waals surface area contributed by atoms with Crippen molar-refractivity contribution in [2.75, 3.05) is 7.11 Å². The molecule has 0 unspecified atom stereocenters. The van der Waals surface area contributed by atoms with Gasteiger partial charge in [-0.1, -0.05) is 24.3 Å². The van der Waals surface area contributed by atoms with Crippen molar-refractivity contribution < 1.29 is 19.4 Å². The fraction of sp³-hybridized carbons (Fsp3) is 0.0667. The van der Waals surface area contributed by atoms with E-state index in [2.05, 4.69) is 16.9 Å². The van der Waals surface area contributed by atoms with E-state index >= 15 is 0 Å². The number of ether oxygens (including phenoxy) is 1. The third kappa shape index (κ3) is 2.55. The van der Waals surface area contributed by atoms with E-state index in [0.29, 0.717) is 11.1 Å². The molecule has 4 heteroatoms. The van der Waals surface area contributed by atoms with Gasteiger partial charge in [0.15, 0.2) is 0 Å². The third-order valence-electron chi connectivity index (χ3n) is 2.62. The van der Waals surface area contributed by atoms with Crippen LogP contribution in [0.4, 0.5) is 0 Å². The van der Waals surface area contributed by atoms with Gasteiger partial charge >= 0.3 is 11.9 Å². The van der Waals surface area contributed by atoms with Crippen molar-refractivity contribution in [1.82, 2.24) is 0 Å². The molecule has 0 amide bonds. The fourth-order valence-electron chi connectivity index (χ4n) is 1.70. The minimum atomic E-state index is -1.18. The molecule has 0 saturated heterocycles. The first kappa shape index (κ1) is 12.7. The molecule has 0 bridgehead atoms. The average Bonchev–Trinajstić information content (AvgIpc) is 2.46. The van der Waals surface area contributed by atoms with Crippen LogP contribution in [0.15, 0.2) is 36.4 Å². The molecule has 0 saturated carbocycles. The Morgan fingerprint density at radius 1 is 1.21 bits per heavy atom. The summed E-state index contributed by atoms with van der Waals surface area (Å²) in [6, 6.07) is 15.4. The van der Waals surface area contributed by atoms with Gasteiger partial charge in [0.05, 0.1) is 18.2 Å². The highest BCUT2D eigenvalue weighted by Crippen LogP contribution is 2.21. The van der Waals surface area contributed by atoms with Crippen LogP contribution in [0, 0.1) is 12.1 Å². The lowest BCUT2D eigenvalue weighted by Gasteiger charge is -2.06. The molecule has 0 aliphatic carbocycles. The van der Waals surface area contributed by atoms with E-state index < -0.39 is 11.9 Å². The lowest BCUT2D eigenvalue weighted by Crippen LogP contribution is -2.10. The number of carbonyl (C=O) groups is 2. The molecule has 0 radical (unpaired) electrons. The maximum Gasteiger partial charge on any atom is 0.338 e. The highest BCUT2D eigenvalue weighted by atomic mass is 16.5. The molecule has 0 heterocycles. The van der Waals surface area contributed by atoms with E-state index in [9.17, 15) is 9.59 Å². The second-order valence-electron chi connectivity index (χ2n) is 3.77. The lowest BCUT2D eigenvalue weighted by molar-refractivity contribution is 0.0583. The molecule has 0 spiro atoms. The monoisotopic (exact) mass is 254 g/mol. The summed E-state index contributed by atoms with van der Waals surface area (Å²) in [7, 11) is 1.21. The molecule has 4 nitrogen and oxygen atoms in total. The Balaban J connectivity index is 2.54. The topological polar surface area (TPSA) is 63.6 Å². The Morgan fingerprint density at radius 2 is 2.00 bits per heavy atom. The highest BCUT2D eigenvalue weighted by Gasteiger charge is 2.17. The van der Waals surface area contributed by atoms with E-state index in [1.165, 1.54) is 19.2 Å². The molecule has 19 heavy (non-hydrogen) atoms. The zero-order valence-electron chi connectivity index (χ0n) is 10.1. The molecular formula is C15H10O4. The number of carboxylic acid groups (broad SMARTS) is 1. The summed E-state index contributed by atoms with van der Waals surface area (Å²) in [5, 5.41) is 9.16. The first-order valence-electron chi connectivity index (χ1n) is 5.48. The average molecular weight is 254 g/mol. The summed E-state index contributed by atoms with van der Waals surface area (Å²) in [6.07, 6.45) is 0. The van der Waals surface area contributed by atoms with E-state index in [-0.39, 0.29) is 11.1 Å². The second-order valence-corrected chi connectivity index (χ2v) is 3.77. The molecule has 2 rings (SSSR count). The number of carboxylic acids is 1. The van der Waals surface area contributed by atoms with Gasteiger partial charge in [-0.05, 0) is 29.8 Å². The zero-order valence-corrected chi connectivity index (χ0v) is 10.1. The number of benzene rings is 1. The van der Waals surface area contributed by atoms with Crippen molar-refractivity contribution in [1.29, 1.82) is 0 Å². The van der Waals surface area contributed by atoms with Gasteiger partial charge in [0.2, 0.25) is 0 Å². The number of carbonyl (C=O) groups excluding carboxylic acids is 1. The SMILES string of the molecule is COC(=O)c1ccc(-c2c#cccc2)cc1C(=O)O. The van der Waals surface area contributed by atoms with Gasteiger partial charge in [0.1, 0.15) is 0 Å². The number of aromatic carboxylic acids is 1. The van der Waals surface area contributed by atoms with Crippen molar-refractivity contribution in [3.8, 4) is 11.1 Å². The van der Waals surface area contributed by atoms with Gasteiger partial charge in [0, 0.05) is 5.56 Å². The standard InChI is InChI=1S/C15H10O4/c1-19-15(18)12-8-7-11(9-13(12)14(16)17)10-5-3-2-4-6-10/h2-3,5,7-9H,1H3,(H,16,17). The summed E-state index contributed by atoms with van der Waals surface area (Å²) in [4.78, 5) is 22.7. The van der Waals surface area contributed by atoms with E-state index in [4.69, 9.17) is 5.11 Å². The highest BCUT2D eigenvalue weighted by molar-refractivity contribution is 6.03. The number of methoxy groups -OCH3 is 1. The van der Waals surface area contributed by atoms with Crippen LogP contribution in [0.2, 0.25) is 0 Å². The Kier molecular flexibility index (Phi) is 3.48. The van der Waals surface area contributed by atoms with Crippen LogP contribution in [0.5, 0.6) is 0 Å². The molecule has 94 valence electrons. The summed E-state index contributed by atoms with van der Waals surface area (Å²) in [5.74, 6) is -1.85. The molecule has 0 fully saturated rings. The number of esters is 1. The summed E-state index contributed by atoms with van der Waals surface area (Å²) in [5.41, 5.74) is 1.29. The second kappa shape index (κ2) is 5.23. The maximum absolute atomic E-state index is 11.5. The number of rotatable bonds is 3. The smallest absolute Gasteiger partial charge is 0.338 e. The van der Waals surface area contributed by atoms with E-state index in [1.807, 2.05) is 0 Å². The number of hydrogen-bond donors (Lipinski definition) is 1. The lowest BCUT2D eigenvalue weighted by atomic mass is 10.00. The predicted molar refractivity (Wildman–Crippen MR) is 67.8 cm³/mol. The van der Waals surface area contributed by atoms with Crippen molar-refractivity contribution in [3.05, 3.63) is 59.7 Å². The van der Waals surface area contributed by atoms with Crippen molar-refractivity contribution in [2.24, 2.45) is 0 Å². The van der Waals surface area contributed by atoms with Crippen molar-refractivity contribution >= 4 is 11.9 Å². The molecule has 0 atom stereocenters. The maximum atomic E-state index is 11.5. The van der Waals surface area contributed by atoms with Gasteiger partial charge in [-0.3, -0.25) is 0 Å². The Hall–Kier alpha value is -2.80. The predicted octanol–water partition coefficient (Wildman–Crippen LogP) is 2.44. The van der Waals surface area contributed by atoms with Crippen molar-refractivity contribution in [2.45, 2.75) is 0 Å². The fourth-order valence-corrected chi connectivity index (χ4v) is 1.70. The van der Waals surface area contributed by atoms with Gasteiger partial charge in [-0.2, -0.15) is 0 Å². The quantitative estimate of drug-likeness (QED) is 0.854. The summed E-state index contributed by atoms with van der Waals surface area (Å²) < 4.78 is 4.56. The summed E-state index contributed by atoms with van der Waals surface area (Å²) >= 11 is 0. The molecule has 0 aliphatic rings. The largest absolute Gasteiger partial charge is 0.478 e. The normalized spacial score (nSPS) is 9.53. The van der Waals surface area contributed by atoms with Gasteiger partial charge in [0.25, 0.3) is 0 Å². The first-order valence-corrected chi connectivity index (χ1v) is 5.48. The number of hydrogen-bond acceptors (Lipinski definition) is 3. The Labute approximate surface area is 110 Å². The Morgan fingerprint density at radius 3 is 2.58 bits per heavy atom. The molecule has 0 aromatic heterocycles. The molecule has 2 aromatic carbocycles. The zero-order chi connectivity index (χ0) is 13.8. The molecule has 2 aromatic rings. The molecular weight excluding hydrogens is 244 g/mol. The minimum Gasteiger partial charge on any atom is -0.478 e. The van der Waals surface area contributed by atoms with Crippen LogP contribution in [-0.2, 0) is 4.74 Å². The van der Waals surface area contributed by atoms with Crippen molar-refractivity contribution in [3.63, 3.8) is 0 Å². The van der Waals surface area contributed by atoms with E-state index in [1.54, 1.807) is 24.3 Å². The van der Waals surface area contributed by atoms with Crippen LogP contribution in [0.25, 0.3) is 11.1 Å². The third-order valence-corrected chi connectivity index (χ3v) is 2.62. The van der Waals surface area contributed by atoms with Crippen LogP contribution in [0.3, 0.4) is 0 Å². The van der Waals surface area contributed by atoms with Gasteiger partial charge < -0.3 is 9.84 Å².